The lowest BCUT2D eigenvalue weighted by molar-refractivity contribution is 0.164. The number of amides is 1. The molecule has 0 aliphatic heterocycles. The number of thiophene rings is 1. The van der Waals surface area contributed by atoms with Gasteiger partial charge in [0, 0.05) is 34.5 Å². The Balaban J connectivity index is 1.80. The van der Waals surface area contributed by atoms with Crippen LogP contribution in [0.5, 0.6) is 0 Å². The molecule has 176 valence electrons. The number of carbonyl (C=O) groups excluding carboxylic acids is 1. The lowest BCUT2D eigenvalue weighted by Crippen LogP contribution is -2.12. The van der Waals surface area contributed by atoms with E-state index in [0.29, 0.717) is 35.3 Å². The van der Waals surface area contributed by atoms with Crippen LogP contribution in [0.4, 0.5) is 22.2 Å². The number of nitrogens with one attached hydrogen (secondary N) is 2. The van der Waals surface area contributed by atoms with Crippen LogP contribution in [0.2, 0.25) is 0 Å². The molecule has 0 aliphatic rings. The van der Waals surface area contributed by atoms with Gasteiger partial charge >= 0.3 is 6.09 Å². The molecule has 9 nitrogen and oxygen atoms in total. The maximum absolute atomic E-state index is 12.7. The van der Waals surface area contributed by atoms with Gasteiger partial charge in [0.15, 0.2) is 0 Å². The number of rotatable bonds is 9. The zero-order valence-electron chi connectivity index (χ0n) is 18.6. The van der Waals surface area contributed by atoms with Crippen molar-refractivity contribution < 1.29 is 18.8 Å². The van der Waals surface area contributed by atoms with E-state index in [1.807, 2.05) is 17.5 Å². The van der Waals surface area contributed by atoms with Crippen LogP contribution in [0.15, 0.2) is 57.2 Å². The van der Waals surface area contributed by atoms with E-state index >= 15 is 0 Å². The van der Waals surface area contributed by atoms with Gasteiger partial charge in [0.25, 0.3) is 0 Å². The summed E-state index contributed by atoms with van der Waals surface area (Å²) in [5.41, 5.74) is 1.56. The third kappa shape index (κ3) is 6.98. The summed E-state index contributed by atoms with van der Waals surface area (Å²) in [6.45, 7) is 4.14. The molecular weight excluding hydrogens is 462 g/mol. The van der Waals surface area contributed by atoms with Gasteiger partial charge in [-0.15, -0.1) is 15.7 Å². The van der Waals surface area contributed by atoms with Gasteiger partial charge in [-0.3, -0.25) is 0 Å². The molecule has 2 aromatic heterocycles. The third-order valence-electron chi connectivity index (χ3n) is 4.49. The number of benzene rings is 1. The van der Waals surface area contributed by atoms with Gasteiger partial charge in [0.1, 0.15) is 5.82 Å². The quantitative estimate of drug-likeness (QED) is 0.393. The molecule has 1 aromatic carbocycles. The molecule has 2 heterocycles. The van der Waals surface area contributed by atoms with Crippen molar-refractivity contribution in [3.05, 3.63) is 48.0 Å². The molecule has 0 aliphatic carbocycles. The molecule has 2 unspecified atom stereocenters. The van der Waals surface area contributed by atoms with Gasteiger partial charge in [-0.1, -0.05) is 6.07 Å². The molecule has 3 N–H and O–H groups in total. The zero-order chi connectivity index (χ0) is 23.8. The molecule has 0 bridgehead atoms. The van der Waals surface area contributed by atoms with Crippen LogP contribution in [0.25, 0.3) is 10.4 Å². The first-order chi connectivity index (χ1) is 15.8. The Labute approximate surface area is 197 Å². The smallest absolute Gasteiger partial charge is 0.442 e. The topological polar surface area (TPSA) is 126 Å². The Morgan fingerprint density at radius 2 is 2.06 bits per heavy atom. The van der Waals surface area contributed by atoms with Crippen LogP contribution < -0.4 is 10.6 Å². The van der Waals surface area contributed by atoms with Crippen molar-refractivity contribution in [2.24, 2.45) is 4.36 Å². The van der Waals surface area contributed by atoms with Crippen LogP contribution >= 0.6 is 11.3 Å². The number of anilines is 3. The van der Waals surface area contributed by atoms with Crippen molar-refractivity contribution in [3.63, 3.8) is 0 Å². The first-order valence-electron chi connectivity index (χ1n) is 10.4. The second-order valence-corrected chi connectivity index (χ2v) is 10.4. The fourth-order valence-corrected chi connectivity index (χ4v) is 4.67. The Morgan fingerprint density at radius 1 is 1.30 bits per heavy atom. The van der Waals surface area contributed by atoms with Crippen LogP contribution in [0, 0.1) is 0 Å². The summed E-state index contributed by atoms with van der Waals surface area (Å²) in [5, 5.41) is 18.0. The molecule has 0 saturated carbocycles. The van der Waals surface area contributed by atoms with Crippen LogP contribution in [0.3, 0.4) is 0 Å². The van der Waals surface area contributed by atoms with Crippen molar-refractivity contribution in [1.29, 1.82) is 0 Å². The van der Waals surface area contributed by atoms with Crippen molar-refractivity contribution in [1.82, 2.24) is 9.97 Å². The maximum atomic E-state index is 12.7. The fraction of sp³-hybridized carbons (Fsp3) is 0.318. The highest BCUT2D eigenvalue weighted by molar-refractivity contribution is 7.93. The lowest BCUT2D eigenvalue weighted by atomic mass is 10.2. The Kier molecular flexibility index (Phi) is 8.37. The van der Waals surface area contributed by atoms with E-state index in [-0.39, 0.29) is 6.61 Å². The number of ether oxygens (including phenoxy) is 1. The zero-order valence-corrected chi connectivity index (χ0v) is 20.3. The van der Waals surface area contributed by atoms with Gasteiger partial charge in [-0.05, 0) is 56.0 Å². The number of nitrogens with zero attached hydrogens (tertiary/aromatic N) is 3. The number of hydrogen-bond donors (Lipinski definition) is 3. The maximum Gasteiger partial charge on any atom is 0.442 e. The average molecular weight is 490 g/mol. The molecule has 0 fully saturated rings. The molecule has 1 amide bonds. The molecule has 33 heavy (non-hydrogen) atoms. The molecule has 3 rings (SSSR count). The van der Waals surface area contributed by atoms with Crippen LogP contribution in [-0.2, 0) is 14.5 Å². The number of aliphatic hydroxyl groups excluding tert-OH is 1. The largest absolute Gasteiger partial charge is 0.448 e. The Hall–Kier alpha value is -3.02. The Morgan fingerprint density at radius 3 is 2.70 bits per heavy atom. The highest BCUT2D eigenvalue weighted by Gasteiger charge is 2.13. The molecule has 2 atom stereocenters. The SMILES string of the molecule is CCOC(=O)N=S(C)(=O)c1ccc(Nc2ncc(-c3cccs3)c(NCCC(C)O)n2)cc1. The number of hydrogen-bond acceptors (Lipinski definition) is 9. The number of aliphatic hydroxyl groups is 1. The van der Waals surface area contributed by atoms with Crippen molar-refractivity contribution in [3.8, 4) is 10.4 Å². The summed E-state index contributed by atoms with van der Waals surface area (Å²) < 4.78 is 21.2. The van der Waals surface area contributed by atoms with E-state index in [4.69, 9.17) is 4.74 Å². The van der Waals surface area contributed by atoms with Gasteiger partial charge in [0.05, 0.1) is 28.0 Å². The van der Waals surface area contributed by atoms with Gasteiger partial charge in [-0.2, -0.15) is 4.98 Å². The van der Waals surface area contributed by atoms with E-state index in [1.165, 1.54) is 6.26 Å². The fourth-order valence-electron chi connectivity index (χ4n) is 2.85. The molecule has 0 radical (unpaired) electrons. The predicted molar refractivity (Wildman–Crippen MR) is 132 cm³/mol. The number of aromatic nitrogens is 2. The molecule has 0 saturated heterocycles. The normalized spacial score (nSPS) is 13.6. The van der Waals surface area contributed by atoms with Gasteiger partial charge in [-0.25, -0.2) is 14.0 Å². The number of carbonyl (C=O) groups is 1. The van der Waals surface area contributed by atoms with Crippen molar-refractivity contribution >= 4 is 44.6 Å². The molecule has 3 aromatic rings. The minimum atomic E-state index is -2.91. The van der Waals surface area contributed by atoms with Crippen LogP contribution in [-0.4, -0.2) is 50.9 Å². The summed E-state index contributed by atoms with van der Waals surface area (Å²) in [5.74, 6) is 1.05. The first-order valence-corrected chi connectivity index (χ1v) is 13.2. The summed E-state index contributed by atoms with van der Waals surface area (Å²) in [4.78, 5) is 22.1. The summed E-state index contributed by atoms with van der Waals surface area (Å²) >= 11 is 1.59. The van der Waals surface area contributed by atoms with E-state index in [0.717, 1.165) is 10.4 Å². The minimum Gasteiger partial charge on any atom is -0.448 e. The van der Waals surface area contributed by atoms with E-state index in [2.05, 4.69) is 25.0 Å². The molecule has 11 heteroatoms. The predicted octanol–water partition coefficient (Wildman–Crippen LogP) is 4.74. The van der Waals surface area contributed by atoms with Gasteiger partial charge < -0.3 is 20.5 Å². The second-order valence-electron chi connectivity index (χ2n) is 7.24. The third-order valence-corrected chi connectivity index (χ3v) is 7.04. The van der Waals surface area contributed by atoms with Crippen LogP contribution in [0.1, 0.15) is 20.3 Å². The van der Waals surface area contributed by atoms with E-state index in [1.54, 1.807) is 55.6 Å². The molecular formula is C22H27N5O4S2. The first kappa shape index (κ1) is 24.6. The Bertz CT molecular complexity index is 1190. The van der Waals surface area contributed by atoms with E-state index in [9.17, 15) is 14.1 Å². The lowest BCUT2D eigenvalue weighted by Gasteiger charge is -2.13. The van der Waals surface area contributed by atoms with Crippen molar-refractivity contribution in [2.45, 2.75) is 31.3 Å². The van der Waals surface area contributed by atoms with Crippen molar-refractivity contribution in [2.75, 3.05) is 30.0 Å². The summed E-state index contributed by atoms with van der Waals surface area (Å²) in [6, 6.07) is 10.7. The highest BCUT2D eigenvalue weighted by atomic mass is 32.2. The second kappa shape index (κ2) is 11.2. The summed E-state index contributed by atoms with van der Waals surface area (Å²) in [6.07, 6.45) is 2.47. The van der Waals surface area contributed by atoms with E-state index < -0.39 is 21.9 Å². The highest BCUT2D eigenvalue weighted by Crippen LogP contribution is 2.31. The average Bonchev–Trinajstić information content (AvgIpc) is 3.28. The summed E-state index contributed by atoms with van der Waals surface area (Å²) in [7, 11) is -2.91. The minimum absolute atomic E-state index is 0.169. The monoisotopic (exact) mass is 489 g/mol. The van der Waals surface area contributed by atoms with Gasteiger partial charge in [0.2, 0.25) is 5.95 Å². The standard InChI is InChI=1S/C22H27N5O4S2/c1-4-31-22(29)27-33(3,30)17-9-7-16(8-10-17)25-21-24-14-18(19-6-5-13-32-19)20(26-21)23-12-11-15(2)28/h5-10,13-15,28H,4,11-12H2,1-3H3,(H2,23,24,25,26). The molecule has 0 spiro atoms.